The standard InChI is InChI=1S/C19H24N4O3/c1-24-16-10-14(11-17-19(16)26-9-8-25-17)12-20-15-4-3-7-23(13-15)18-5-2-6-21-22-18/h2,5-6,10-11,15,20H,3-4,7-9,12-13H2,1H3. The monoisotopic (exact) mass is 356 g/mol. The van der Waals surface area contributed by atoms with Crippen molar-refractivity contribution in [1.29, 1.82) is 0 Å². The van der Waals surface area contributed by atoms with Crippen molar-refractivity contribution in [3.63, 3.8) is 0 Å². The Hall–Kier alpha value is -2.54. The second kappa shape index (κ2) is 7.78. The molecule has 1 aromatic heterocycles. The fourth-order valence-electron chi connectivity index (χ4n) is 3.51. The number of piperidine rings is 1. The topological polar surface area (TPSA) is 68.7 Å². The Morgan fingerprint density at radius 3 is 3.08 bits per heavy atom. The van der Waals surface area contributed by atoms with E-state index in [0.717, 1.165) is 55.4 Å². The molecule has 2 aliphatic heterocycles. The first-order valence-electron chi connectivity index (χ1n) is 9.06. The average molecular weight is 356 g/mol. The molecular formula is C19H24N4O3. The highest BCUT2D eigenvalue weighted by atomic mass is 16.6. The highest BCUT2D eigenvalue weighted by Gasteiger charge is 2.22. The number of benzene rings is 1. The lowest BCUT2D eigenvalue weighted by molar-refractivity contribution is 0.165. The van der Waals surface area contributed by atoms with Crippen LogP contribution in [0.25, 0.3) is 0 Å². The SMILES string of the molecule is COc1cc(CNC2CCCN(c3cccnn3)C2)cc2c1OCCO2. The number of hydrogen-bond acceptors (Lipinski definition) is 7. The Kier molecular flexibility index (Phi) is 5.06. The molecule has 1 atom stereocenters. The molecule has 0 saturated carbocycles. The van der Waals surface area contributed by atoms with Crippen LogP contribution in [0.4, 0.5) is 5.82 Å². The van der Waals surface area contributed by atoms with E-state index in [1.165, 1.54) is 0 Å². The van der Waals surface area contributed by atoms with Crippen LogP contribution in [0.5, 0.6) is 17.2 Å². The van der Waals surface area contributed by atoms with E-state index >= 15 is 0 Å². The van der Waals surface area contributed by atoms with Crippen LogP contribution in [-0.2, 0) is 6.54 Å². The molecular weight excluding hydrogens is 332 g/mol. The van der Waals surface area contributed by atoms with E-state index in [0.29, 0.717) is 25.0 Å². The zero-order chi connectivity index (χ0) is 17.8. The zero-order valence-electron chi connectivity index (χ0n) is 15.0. The second-order valence-corrected chi connectivity index (χ2v) is 6.57. The number of rotatable bonds is 5. The quantitative estimate of drug-likeness (QED) is 0.879. The first kappa shape index (κ1) is 16.9. The summed E-state index contributed by atoms with van der Waals surface area (Å²) in [4.78, 5) is 2.29. The smallest absolute Gasteiger partial charge is 0.203 e. The van der Waals surface area contributed by atoms with Crippen molar-refractivity contribution in [2.75, 3.05) is 38.3 Å². The van der Waals surface area contributed by atoms with Crippen LogP contribution < -0.4 is 24.4 Å². The minimum absolute atomic E-state index is 0.407. The van der Waals surface area contributed by atoms with E-state index in [9.17, 15) is 0 Å². The van der Waals surface area contributed by atoms with Crippen molar-refractivity contribution in [2.24, 2.45) is 0 Å². The number of anilines is 1. The lowest BCUT2D eigenvalue weighted by Crippen LogP contribution is -2.45. The maximum absolute atomic E-state index is 5.72. The summed E-state index contributed by atoms with van der Waals surface area (Å²) in [6.45, 7) is 3.84. The summed E-state index contributed by atoms with van der Waals surface area (Å²) in [5.41, 5.74) is 1.13. The van der Waals surface area contributed by atoms with Crippen LogP contribution in [0.15, 0.2) is 30.5 Å². The summed E-state index contributed by atoms with van der Waals surface area (Å²) in [5.74, 6) is 3.13. The molecule has 1 unspecified atom stereocenters. The predicted molar refractivity (Wildman–Crippen MR) is 98.1 cm³/mol. The van der Waals surface area contributed by atoms with Gasteiger partial charge in [-0.3, -0.25) is 0 Å². The first-order valence-corrected chi connectivity index (χ1v) is 9.06. The number of fused-ring (bicyclic) bond motifs is 1. The summed E-state index contributed by atoms with van der Waals surface area (Å²) in [6.07, 6.45) is 4.00. The molecule has 26 heavy (non-hydrogen) atoms. The van der Waals surface area contributed by atoms with Crippen molar-refractivity contribution < 1.29 is 14.2 Å². The Bertz CT molecular complexity index is 724. The third-order valence-electron chi connectivity index (χ3n) is 4.79. The minimum Gasteiger partial charge on any atom is -0.493 e. The van der Waals surface area contributed by atoms with Gasteiger partial charge in [-0.1, -0.05) is 0 Å². The van der Waals surface area contributed by atoms with E-state index < -0.39 is 0 Å². The maximum Gasteiger partial charge on any atom is 0.203 e. The number of nitrogens with zero attached hydrogens (tertiary/aromatic N) is 3. The molecule has 1 fully saturated rings. The van der Waals surface area contributed by atoms with E-state index in [4.69, 9.17) is 14.2 Å². The highest BCUT2D eigenvalue weighted by molar-refractivity contribution is 5.54. The third-order valence-corrected chi connectivity index (χ3v) is 4.79. The molecule has 0 radical (unpaired) electrons. The number of ether oxygens (including phenoxy) is 3. The Morgan fingerprint density at radius 2 is 2.23 bits per heavy atom. The first-order chi connectivity index (χ1) is 12.8. The van der Waals surface area contributed by atoms with Gasteiger partial charge in [0.1, 0.15) is 13.2 Å². The number of hydrogen-bond donors (Lipinski definition) is 1. The molecule has 2 aliphatic rings. The van der Waals surface area contributed by atoms with Gasteiger partial charge < -0.3 is 24.4 Å². The van der Waals surface area contributed by atoms with E-state index in [1.54, 1.807) is 13.3 Å². The Labute approximate surface area is 153 Å². The summed E-state index contributed by atoms with van der Waals surface area (Å²) in [6, 6.07) is 8.41. The Balaban J connectivity index is 1.41. The van der Waals surface area contributed by atoms with Crippen LogP contribution in [0.2, 0.25) is 0 Å². The lowest BCUT2D eigenvalue weighted by atomic mass is 10.0. The van der Waals surface area contributed by atoms with Crippen molar-refractivity contribution in [2.45, 2.75) is 25.4 Å². The average Bonchev–Trinajstić information content (AvgIpc) is 2.72. The van der Waals surface area contributed by atoms with Crippen molar-refractivity contribution in [3.8, 4) is 17.2 Å². The molecule has 2 aromatic rings. The molecule has 0 spiro atoms. The molecule has 7 nitrogen and oxygen atoms in total. The van der Waals surface area contributed by atoms with Crippen LogP contribution in [-0.4, -0.2) is 49.7 Å². The van der Waals surface area contributed by atoms with Gasteiger partial charge in [0.05, 0.1) is 7.11 Å². The summed E-state index contributed by atoms with van der Waals surface area (Å²) < 4.78 is 16.8. The van der Waals surface area contributed by atoms with Gasteiger partial charge in [0.25, 0.3) is 0 Å². The third kappa shape index (κ3) is 3.67. The molecule has 1 saturated heterocycles. The predicted octanol–water partition coefficient (Wildman–Crippen LogP) is 2.01. The molecule has 0 aliphatic carbocycles. The number of aromatic nitrogens is 2. The molecule has 138 valence electrons. The van der Waals surface area contributed by atoms with Gasteiger partial charge >= 0.3 is 0 Å². The molecule has 1 N–H and O–H groups in total. The van der Waals surface area contributed by atoms with Crippen LogP contribution >= 0.6 is 0 Å². The van der Waals surface area contributed by atoms with Gasteiger partial charge in [-0.15, -0.1) is 5.10 Å². The van der Waals surface area contributed by atoms with Gasteiger partial charge in [-0.05, 0) is 42.7 Å². The fraction of sp³-hybridized carbons (Fsp3) is 0.474. The van der Waals surface area contributed by atoms with Gasteiger partial charge in [-0.2, -0.15) is 5.10 Å². The molecule has 4 rings (SSSR count). The fourth-order valence-corrected chi connectivity index (χ4v) is 3.51. The molecule has 0 amide bonds. The van der Waals surface area contributed by atoms with Crippen LogP contribution in [0.3, 0.4) is 0 Å². The maximum atomic E-state index is 5.72. The van der Waals surface area contributed by atoms with Crippen molar-refractivity contribution in [3.05, 3.63) is 36.0 Å². The number of nitrogens with one attached hydrogen (secondary N) is 1. The van der Waals surface area contributed by atoms with Gasteiger partial charge in [0.15, 0.2) is 17.3 Å². The summed E-state index contributed by atoms with van der Waals surface area (Å²) in [7, 11) is 1.66. The molecule has 0 bridgehead atoms. The van der Waals surface area contributed by atoms with Crippen LogP contribution in [0.1, 0.15) is 18.4 Å². The van der Waals surface area contributed by atoms with Gasteiger partial charge in [-0.25, -0.2) is 0 Å². The molecule has 3 heterocycles. The van der Waals surface area contributed by atoms with E-state index in [1.807, 2.05) is 24.3 Å². The minimum atomic E-state index is 0.407. The van der Waals surface area contributed by atoms with Crippen LogP contribution in [0, 0.1) is 0 Å². The van der Waals surface area contributed by atoms with Gasteiger partial charge in [0, 0.05) is 31.9 Å². The second-order valence-electron chi connectivity index (χ2n) is 6.57. The highest BCUT2D eigenvalue weighted by Crippen LogP contribution is 2.40. The Morgan fingerprint density at radius 1 is 1.31 bits per heavy atom. The largest absolute Gasteiger partial charge is 0.493 e. The summed E-state index contributed by atoms with van der Waals surface area (Å²) in [5, 5.41) is 11.9. The zero-order valence-corrected chi connectivity index (χ0v) is 15.0. The molecule has 1 aromatic carbocycles. The number of methoxy groups -OCH3 is 1. The normalized spacial score (nSPS) is 19.3. The molecule has 7 heteroatoms. The summed E-state index contributed by atoms with van der Waals surface area (Å²) >= 11 is 0. The van der Waals surface area contributed by atoms with Gasteiger partial charge in [0.2, 0.25) is 5.75 Å². The van der Waals surface area contributed by atoms with E-state index in [2.05, 4.69) is 20.4 Å². The lowest BCUT2D eigenvalue weighted by Gasteiger charge is -2.33. The van der Waals surface area contributed by atoms with Crippen molar-refractivity contribution >= 4 is 5.82 Å². The van der Waals surface area contributed by atoms with E-state index in [-0.39, 0.29) is 0 Å². The van der Waals surface area contributed by atoms with Crippen molar-refractivity contribution in [1.82, 2.24) is 15.5 Å².